The highest BCUT2D eigenvalue weighted by atomic mass is 19.1. The van der Waals surface area contributed by atoms with Crippen LogP contribution in [0.3, 0.4) is 0 Å². The van der Waals surface area contributed by atoms with Crippen LogP contribution in [0.15, 0.2) is 12.1 Å². The fourth-order valence-electron chi connectivity index (χ4n) is 2.25. The molecular formula is C14H16F2N2O. The predicted molar refractivity (Wildman–Crippen MR) is 67.6 cm³/mol. The van der Waals surface area contributed by atoms with E-state index in [1.807, 2.05) is 0 Å². The summed E-state index contributed by atoms with van der Waals surface area (Å²) in [6.45, 7) is 0.681. The molecule has 3 rings (SSSR count). The highest BCUT2D eigenvalue weighted by Crippen LogP contribution is 2.36. The van der Waals surface area contributed by atoms with Gasteiger partial charge in [0.25, 0.3) is 5.91 Å². The van der Waals surface area contributed by atoms with Crippen molar-refractivity contribution in [1.29, 1.82) is 0 Å². The molecule has 1 aromatic rings. The van der Waals surface area contributed by atoms with Crippen molar-refractivity contribution in [2.45, 2.75) is 31.7 Å². The number of hydrogen-bond donors (Lipinski definition) is 1. The van der Waals surface area contributed by atoms with Crippen LogP contribution in [0.2, 0.25) is 0 Å². The average Bonchev–Trinajstić information content (AvgIpc) is 3.23. The monoisotopic (exact) mass is 266 g/mol. The lowest BCUT2D eigenvalue weighted by Gasteiger charge is -2.22. The maximum atomic E-state index is 13.7. The van der Waals surface area contributed by atoms with Gasteiger partial charge in [0.2, 0.25) is 0 Å². The van der Waals surface area contributed by atoms with E-state index in [4.69, 9.17) is 5.73 Å². The van der Waals surface area contributed by atoms with Gasteiger partial charge in [-0.05, 0) is 37.7 Å². The van der Waals surface area contributed by atoms with Crippen LogP contribution in [0.25, 0.3) is 0 Å². The fraction of sp³-hybridized carbons (Fsp3) is 0.500. The molecule has 19 heavy (non-hydrogen) atoms. The van der Waals surface area contributed by atoms with Gasteiger partial charge in [-0.15, -0.1) is 0 Å². The number of benzene rings is 1. The number of nitrogen functional groups attached to an aromatic ring is 1. The zero-order valence-electron chi connectivity index (χ0n) is 10.5. The van der Waals surface area contributed by atoms with E-state index in [2.05, 4.69) is 0 Å². The minimum absolute atomic E-state index is 0.119. The lowest BCUT2D eigenvalue weighted by Crippen LogP contribution is -2.35. The topological polar surface area (TPSA) is 46.3 Å². The Labute approximate surface area is 110 Å². The van der Waals surface area contributed by atoms with E-state index in [1.165, 1.54) is 0 Å². The van der Waals surface area contributed by atoms with Crippen molar-refractivity contribution < 1.29 is 13.6 Å². The van der Waals surface area contributed by atoms with E-state index in [9.17, 15) is 13.6 Å². The van der Waals surface area contributed by atoms with Crippen molar-refractivity contribution in [3.05, 3.63) is 29.3 Å². The molecule has 2 aliphatic carbocycles. The Morgan fingerprint density at radius 2 is 1.89 bits per heavy atom. The van der Waals surface area contributed by atoms with Crippen LogP contribution in [0.1, 0.15) is 36.0 Å². The van der Waals surface area contributed by atoms with Crippen LogP contribution in [0.5, 0.6) is 0 Å². The smallest absolute Gasteiger partial charge is 0.257 e. The minimum atomic E-state index is -0.835. The van der Waals surface area contributed by atoms with E-state index >= 15 is 0 Å². The van der Waals surface area contributed by atoms with Gasteiger partial charge in [0.1, 0.15) is 11.6 Å². The van der Waals surface area contributed by atoms with E-state index < -0.39 is 11.6 Å². The third-order valence-electron chi connectivity index (χ3n) is 3.72. The molecule has 2 N–H and O–H groups in total. The first-order chi connectivity index (χ1) is 9.06. The fourth-order valence-corrected chi connectivity index (χ4v) is 2.25. The Bertz CT molecular complexity index is 524. The molecule has 0 unspecified atom stereocenters. The molecule has 102 valence electrons. The largest absolute Gasteiger partial charge is 0.396 e. The van der Waals surface area contributed by atoms with Crippen molar-refractivity contribution in [2.75, 3.05) is 12.3 Å². The molecule has 3 nitrogen and oxygen atoms in total. The molecule has 0 radical (unpaired) electrons. The normalized spacial score (nSPS) is 18.4. The molecule has 0 saturated heterocycles. The molecular weight excluding hydrogens is 250 g/mol. The molecule has 1 amide bonds. The molecule has 0 atom stereocenters. The summed E-state index contributed by atoms with van der Waals surface area (Å²) < 4.78 is 26.9. The molecule has 2 fully saturated rings. The number of hydrogen-bond acceptors (Lipinski definition) is 2. The van der Waals surface area contributed by atoms with Crippen molar-refractivity contribution in [3.8, 4) is 0 Å². The summed E-state index contributed by atoms with van der Waals surface area (Å²) >= 11 is 0. The number of halogens is 2. The van der Waals surface area contributed by atoms with Crippen molar-refractivity contribution >= 4 is 11.6 Å². The minimum Gasteiger partial charge on any atom is -0.396 e. The molecule has 0 spiro atoms. The highest BCUT2D eigenvalue weighted by Gasteiger charge is 2.37. The molecule has 0 heterocycles. The molecule has 0 bridgehead atoms. The molecule has 0 aromatic heterocycles. The van der Waals surface area contributed by atoms with Gasteiger partial charge in [-0.1, -0.05) is 0 Å². The molecule has 0 aliphatic heterocycles. The Balaban J connectivity index is 1.86. The summed E-state index contributed by atoms with van der Waals surface area (Å²) in [7, 11) is 0. The Hall–Kier alpha value is -1.65. The molecule has 5 heteroatoms. The molecule has 2 saturated carbocycles. The van der Waals surface area contributed by atoms with Crippen LogP contribution in [-0.4, -0.2) is 23.4 Å². The summed E-state index contributed by atoms with van der Waals surface area (Å²) in [4.78, 5) is 14.1. The summed E-state index contributed by atoms with van der Waals surface area (Å²) in [6.07, 6.45) is 4.20. The van der Waals surface area contributed by atoms with Gasteiger partial charge >= 0.3 is 0 Å². The van der Waals surface area contributed by atoms with Gasteiger partial charge in [0.15, 0.2) is 0 Å². The van der Waals surface area contributed by atoms with Gasteiger partial charge in [0, 0.05) is 18.7 Å². The first-order valence-electron chi connectivity index (χ1n) is 6.61. The summed E-state index contributed by atoms with van der Waals surface area (Å²) in [5.41, 5.74) is 5.11. The number of anilines is 1. The SMILES string of the molecule is Nc1cc(C(=O)N(CC2CC2)C2CC2)c(F)cc1F. The van der Waals surface area contributed by atoms with Crippen molar-refractivity contribution in [1.82, 2.24) is 4.90 Å². The Morgan fingerprint density at radius 3 is 2.47 bits per heavy atom. The summed E-state index contributed by atoms with van der Waals surface area (Å²) in [5, 5.41) is 0. The van der Waals surface area contributed by atoms with E-state index in [-0.39, 0.29) is 23.2 Å². The Morgan fingerprint density at radius 1 is 1.21 bits per heavy atom. The quantitative estimate of drug-likeness (QED) is 0.851. The van der Waals surface area contributed by atoms with Crippen molar-refractivity contribution in [2.24, 2.45) is 5.92 Å². The second-order valence-electron chi connectivity index (χ2n) is 5.49. The molecule has 1 aromatic carbocycles. The zero-order valence-corrected chi connectivity index (χ0v) is 10.5. The van der Waals surface area contributed by atoms with Crippen molar-refractivity contribution in [3.63, 3.8) is 0 Å². The second-order valence-corrected chi connectivity index (χ2v) is 5.49. The van der Waals surface area contributed by atoms with Crippen LogP contribution < -0.4 is 5.73 Å². The number of carbonyl (C=O) groups excluding carboxylic acids is 1. The van der Waals surface area contributed by atoms with Gasteiger partial charge in [-0.2, -0.15) is 0 Å². The highest BCUT2D eigenvalue weighted by molar-refractivity contribution is 5.95. The van der Waals surface area contributed by atoms with Crippen LogP contribution in [0, 0.1) is 17.6 Å². The van der Waals surface area contributed by atoms with Gasteiger partial charge < -0.3 is 10.6 Å². The number of rotatable bonds is 4. The van der Waals surface area contributed by atoms with E-state index in [0.29, 0.717) is 18.5 Å². The first kappa shape index (κ1) is 12.4. The Kier molecular flexibility index (Phi) is 2.92. The number of carbonyl (C=O) groups is 1. The average molecular weight is 266 g/mol. The number of nitrogens with zero attached hydrogens (tertiary/aromatic N) is 1. The zero-order chi connectivity index (χ0) is 13.6. The van der Waals surface area contributed by atoms with Crippen LogP contribution in [0.4, 0.5) is 14.5 Å². The number of nitrogens with two attached hydrogens (primary N) is 1. The maximum absolute atomic E-state index is 13.7. The predicted octanol–water partition coefficient (Wildman–Crippen LogP) is 2.56. The third kappa shape index (κ3) is 2.55. The standard InChI is InChI=1S/C14H16F2N2O/c15-11-6-12(16)13(17)5-10(11)14(19)18(9-3-4-9)7-8-1-2-8/h5-6,8-9H,1-4,7,17H2. The summed E-state index contributed by atoms with van der Waals surface area (Å²) in [6, 6.07) is 2.01. The van der Waals surface area contributed by atoms with Crippen LogP contribution in [-0.2, 0) is 0 Å². The summed E-state index contributed by atoms with van der Waals surface area (Å²) in [5.74, 6) is -1.48. The maximum Gasteiger partial charge on any atom is 0.257 e. The lowest BCUT2D eigenvalue weighted by molar-refractivity contribution is 0.0730. The first-order valence-corrected chi connectivity index (χ1v) is 6.61. The molecule has 2 aliphatic rings. The van der Waals surface area contributed by atoms with E-state index in [0.717, 1.165) is 31.7 Å². The second kappa shape index (κ2) is 4.47. The van der Waals surface area contributed by atoms with Gasteiger partial charge in [-0.25, -0.2) is 8.78 Å². The third-order valence-corrected chi connectivity index (χ3v) is 3.72. The lowest BCUT2D eigenvalue weighted by atomic mass is 10.1. The van der Waals surface area contributed by atoms with E-state index in [1.54, 1.807) is 4.90 Å². The van der Waals surface area contributed by atoms with Gasteiger partial charge in [-0.3, -0.25) is 4.79 Å². The van der Waals surface area contributed by atoms with Crippen LogP contribution >= 0.6 is 0 Å². The number of amides is 1. The van der Waals surface area contributed by atoms with Gasteiger partial charge in [0.05, 0.1) is 11.3 Å².